The van der Waals surface area contributed by atoms with Crippen LogP contribution in [0.4, 0.5) is 15.3 Å². The van der Waals surface area contributed by atoms with Crippen molar-refractivity contribution in [3.63, 3.8) is 0 Å². The largest absolute Gasteiger partial charge is 0.465 e. The fourth-order valence-electron chi connectivity index (χ4n) is 4.37. The topological polar surface area (TPSA) is 98.2 Å². The third-order valence-electron chi connectivity index (χ3n) is 6.01. The van der Waals surface area contributed by atoms with Gasteiger partial charge in [-0.15, -0.1) is 0 Å². The van der Waals surface area contributed by atoms with Crippen LogP contribution in [0, 0.1) is 0 Å². The van der Waals surface area contributed by atoms with Gasteiger partial charge in [-0.05, 0) is 42.7 Å². The van der Waals surface area contributed by atoms with Gasteiger partial charge in [-0.25, -0.2) is 19.4 Å². The van der Waals surface area contributed by atoms with Gasteiger partial charge in [0.05, 0.1) is 21.3 Å². The summed E-state index contributed by atoms with van der Waals surface area (Å²) in [6.07, 6.45) is 0.115. The Hall–Kier alpha value is -2.62. The Labute approximate surface area is 207 Å². The zero-order valence-electron chi connectivity index (χ0n) is 17.3. The number of benzene rings is 2. The molecule has 2 aliphatic rings. The standard InChI is InChI=1S/C22H18BrCl2N3O5/c1-26(21(32)33)18(29)17-15(24)9-14(10-16(17)25)28-19(30)22(7-2-8-27(22)20(28)31)11-12-3-5-13(23)6-4-12/h3-6,9-10H,2,7-8,11H2,1H3,(H,32,33). The lowest BCUT2D eigenvalue weighted by Crippen LogP contribution is -2.47. The van der Waals surface area contributed by atoms with Crippen LogP contribution in [0.15, 0.2) is 40.9 Å². The number of halogens is 3. The molecule has 5 amide bonds. The first kappa shape index (κ1) is 23.5. The molecule has 11 heteroatoms. The van der Waals surface area contributed by atoms with E-state index >= 15 is 0 Å². The second kappa shape index (κ2) is 8.62. The van der Waals surface area contributed by atoms with E-state index in [2.05, 4.69) is 15.9 Å². The SMILES string of the molecule is CN(C(=O)O)C(=O)c1c(Cl)cc(N2C(=O)N3CCCC3(Cc3ccc(Br)cc3)C2=O)cc1Cl. The van der Waals surface area contributed by atoms with E-state index < -0.39 is 23.6 Å². The minimum absolute atomic E-state index is 0.124. The second-order valence-electron chi connectivity index (χ2n) is 7.94. The predicted molar refractivity (Wildman–Crippen MR) is 126 cm³/mol. The van der Waals surface area contributed by atoms with Gasteiger partial charge in [-0.2, -0.15) is 0 Å². The first-order valence-electron chi connectivity index (χ1n) is 9.97. The number of hydrogen-bond donors (Lipinski definition) is 1. The molecule has 1 atom stereocenters. The molecule has 8 nitrogen and oxygen atoms in total. The van der Waals surface area contributed by atoms with E-state index in [0.717, 1.165) is 22.0 Å². The van der Waals surface area contributed by atoms with Crippen LogP contribution in [0.5, 0.6) is 0 Å². The highest BCUT2D eigenvalue weighted by Gasteiger charge is 2.59. The Bertz CT molecular complexity index is 1170. The summed E-state index contributed by atoms with van der Waals surface area (Å²) in [6.45, 7) is 0.443. The van der Waals surface area contributed by atoms with Gasteiger partial charge in [0.25, 0.3) is 11.8 Å². The van der Waals surface area contributed by atoms with Gasteiger partial charge in [-0.1, -0.05) is 51.3 Å². The normalized spacial score (nSPS) is 19.8. The molecule has 2 heterocycles. The monoisotopic (exact) mass is 553 g/mol. The second-order valence-corrected chi connectivity index (χ2v) is 9.67. The lowest BCUT2D eigenvalue weighted by Gasteiger charge is -2.28. The number of amides is 5. The minimum atomic E-state index is -1.48. The summed E-state index contributed by atoms with van der Waals surface area (Å²) < 4.78 is 0.912. The van der Waals surface area contributed by atoms with Crippen molar-refractivity contribution in [3.8, 4) is 0 Å². The van der Waals surface area contributed by atoms with Crippen LogP contribution in [-0.4, -0.2) is 58.0 Å². The number of carbonyl (C=O) groups excluding carboxylic acids is 3. The van der Waals surface area contributed by atoms with E-state index in [1.54, 1.807) is 4.90 Å². The molecule has 0 spiro atoms. The molecule has 0 saturated carbocycles. The van der Waals surface area contributed by atoms with Gasteiger partial charge < -0.3 is 10.0 Å². The zero-order chi connectivity index (χ0) is 24.1. The van der Waals surface area contributed by atoms with Gasteiger partial charge in [0.15, 0.2) is 0 Å². The van der Waals surface area contributed by atoms with E-state index in [1.165, 1.54) is 12.1 Å². The van der Waals surface area contributed by atoms with Crippen molar-refractivity contribution in [2.45, 2.75) is 24.8 Å². The molecule has 0 aromatic heterocycles. The van der Waals surface area contributed by atoms with Gasteiger partial charge in [0.1, 0.15) is 5.54 Å². The number of carbonyl (C=O) groups is 4. The highest BCUT2D eigenvalue weighted by molar-refractivity contribution is 9.10. The average molecular weight is 555 g/mol. The Morgan fingerprint density at radius 1 is 1.15 bits per heavy atom. The molecule has 2 aromatic carbocycles. The van der Waals surface area contributed by atoms with Crippen molar-refractivity contribution >= 4 is 68.8 Å². The van der Waals surface area contributed by atoms with Crippen molar-refractivity contribution < 1.29 is 24.3 Å². The molecule has 0 radical (unpaired) electrons. The van der Waals surface area contributed by atoms with Crippen molar-refractivity contribution in [2.24, 2.45) is 0 Å². The maximum atomic E-state index is 13.6. The molecular formula is C22H18BrCl2N3O5. The van der Waals surface area contributed by atoms with Gasteiger partial charge in [-0.3, -0.25) is 9.59 Å². The van der Waals surface area contributed by atoms with E-state index in [1.807, 2.05) is 24.3 Å². The number of carboxylic acid groups (broad SMARTS) is 1. The summed E-state index contributed by atoms with van der Waals surface area (Å²) in [5, 5.41) is 8.74. The molecule has 2 fully saturated rings. The van der Waals surface area contributed by atoms with E-state index in [-0.39, 0.29) is 27.2 Å². The molecule has 0 aliphatic carbocycles. The van der Waals surface area contributed by atoms with Crippen molar-refractivity contribution in [1.82, 2.24) is 9.80 Å². The first-order chi connectivity index (χ1) is 15.6. The van der Waals surface area contributed by atoms with Crippen LogP contribution in [-0.2, 0) is 11.2 Å². The first-order valence-corrected chi connectivity index (χ1v) is 11.5. The number of imide groups is 2. The van der Waals surface area contributed by atoms with E-state index in [4.69, 9.17) is 28.3 Å². The van der Waals surface area contributed by atoms with E-state index in [0.29, 0.717) is 30.7 Å². The number of rotatable bonds is 4. The lowest BCUT2D eigenvalue weighted by atomic mass is 9.88. The predicted octanol–water partition coefficient (Wildman–Crippen LogP) is 5.05. The smallest absolute Gasteiger partial charge is 0.414 e. The van der Waals surface area contributed by atoms with Crippen LogP contribution in [0.2, 0.25) is 10.0 Å². The highest BCUT2D eigenvalue weighted by atomic mass is 79.9. The molecule has 4 rings (SSSR count). The summed E-state index contributed by atoms with van der Waals surface area (Å²) in [6, 6.07) is 9.65. The zero-order valence-corrected chi connectivity index (χ0v) is 20.4. The Balaban J connectivity index is 1.71. The van der Waals surface area contributed by atoms with Gasteiger partial charge in [0.2, 0.25) is 0 Å². The average Bonchev–Trinajstić information content (AvgIpc) is 3.26. The lowest BCUT2D eigenvalue weighted by molar-refractivity contribution is -0.123. The maximum absolute atomic E-state index is 13.6. The van der Waals surface area contributed by atoms with Crippen LogP contribution >= 0.6 is 39.1 Å². The molecule has 2 aliphatic heterocycles. The van der Waals surface area contributed by atoms with Crippen molar-refractivity contribution in [1.29, 1.82) is 0 Å². The van der Waals surface area contributed by atoms with Crippen LogP contribution < -0.4 is 4.90 Å². The highest BCUT2D eigenvalue weighted by Crippen LogP contribution is 2.43. The third-order valence-corrected chi connectivity index (χ3v) is 7.14. The summed E-state index contributed by atoms with van der Waals surface area (Å²) in [5.74, 6) is -1.31. The summed E-state index contributed by atoms with van der Waals surface area (Å²) >= 11 is 15.9. The summed E-state index contributed by atoms with van der Waals surface area (Å²) in [7, 11) is 1.07. The Morgan fingerprint density at radius 3 is 2.33 bits per heavy atom. The molecule has 172 valence electrons. The van der Waals surface area contributed by atoms with E-state index in [9.17, 15) is 19.2 Å². The third kappa shape index (κ3) is 3.88. The number of fused-ring (bicyclic) bond motifs is 1. The van der Waals surface area contributed by atoms with Crippen LogP contribution in [0.1, 0.15) is 28.8 Å². The molecule has 2 saturated heterocycles. The summed E-state index contributed by atoms with van der Waals surface area (Å²) in [5.41, 5.74) is -0.195. The number of nitrogens with zero attached hydrogens (tertiary/aromatic N) is 3. The molecule has 0 bridgehead atoms. The van der Waals surface area contributed by atoms with Gasteiger partial charge >= 0.3 is 12.1 Å². The maximum Gasteiger partial charge on any atom is 0.414 e. The molecular weight excluding hydrogens is 537 g/mol. The summed E-state index contributed by atoms with van der Waals surface area (Å²) in [4.78, 5) is 53.5. The molecule has 1 N–H and O–H groups in total. The van der Waals surface area contributed by atoms with Crippen molar-refractivity contribution in [3.05, 3.63) is 62.0 Å². The van der Waals surface area contributed by atoms with Crippen molar-refractivity contribution in [2.75, 3.05) is 18.5 Å². The Morgan fingerprint density at radius 2 is 1.76 bits per heavy atom. The molecule has 33 heavy (non-hydrogen) atoms. The number of urea groups is 1. The number of hydrogen-bond acceptors (Lipinski definition) is 4. The van der Waals surface area contributed by atoms with Crippen LogP contribution in [0.25, 0.3) is 0 Å². The fourth-order valence-corrected chi connectivity index (χ4v) is 5.27. The quantitative estimate of drug-likeness (QED) is 0.533. The fraction of sp³-hybridized carbons (Fsp3) is 0.273. The minimum Gasteiger partial charge on any atom is -0.465 e. The number of anilines is 1. The molecule has 1 unspecified atom stereocenters. The van der Waals surface area contributed by atoms with Crippen LogP contribution in [0.3, 0.4) is 0 Å². The van der Waals surface area contributed by atoms with Gasteiger partial charge in [0, 0.05) is 24.5 Å². The Kier molecular flexibility index (Phi) is 6.15. The molecule has 2 aromatic rings.